The summed E-state index contributed by atoms with van der Waals surface area (Å²) >= 11 is 0. The second-order valence-corrected chi connectivity index (χ2v) is 13.7. The minimum atomic E-state index is 1.20. The van der Waals surface area contributed by atoms with E-state index >= 15 is 0 Å². The van der Waals surface area contributed by atoms with Gasteiger partial charge >= 0.3 is 0 Å². The Hall–Kier alpha value is -6.76. The van der Waals surface area contributed by atoms with Crippen LogP contribution in [0.4, 0.5) is 0 Å². The highest BCUT2D eigenvalue weighted by atomic mass is 14.2. The number of fused-ring (bicyclic) bond motifs is 5. The molecule has 0 spiro atoms. The topological polar surface area (TPSA) is 0 Å². The Balaban J connectivity index is 1.25. The highest BCUT2D eigenvalue weighted by Crippen LogP contribution is 2.46. The molecule has 10 aromatic rings. The normalized spacial score (nSPS) is 11.8. The van der Waals surface area contributed by atoms with Crippen LogP contribution in [0.1, 0.15) is 11.1 Å². The Morgan fingerprint density at radius 1 is 0.269 bits per heavy atom. The van der Waals surface area contributed by atoms with E-state index in [1.165, 1.54) is 98.4 Å². The molecule has 0 amide bonds. The lowest BCUT2D eigenvalue weighted by atomic mass is 9.84. The molecule has 0 nitrogen and oxygen atoms in total. The molecule has 0 fully saturated rings. The molecule has 10 rings (SSSR count). The monoisotopic (exact) mass is 658 g/mol. The molecule has 0 saturated heterocycles. The lowest BCUT2D eigenvalue weighted by Gasteiger charge is -2.19. The van der Waals surface area contributed by atoms with Gasteiger partial charge in [0.2, 0.25) is 0 Å². The van der Waals surface area contributed by atoms with E-state index in [0.717, 1.165) is 0 Å². The van der Waals surface area contributed by atoms with Crippen LogP contribution in [-0.2, 0) is 0 Å². The van der Waals surface area contributed by atoms with Gasteiger partial charge < -0.3 is 0 Å². The van der Waals surface area contributed by atoms with Gasteiger partial charge in [0.15, 0.2) is 0 Å². The summed E-state index contributed by atoms with van der Waals surface area (Å²) in [6.45, 7) is 0. The maximum absolute atomic E-state index is 2.44. The summed E-state index contributed by atoms with van der Waals surface area (Å²) in [5.41, 5.74) is 9.87. The molecule has 0 saturated carbocycles. The van der Waals surface area contributed by atoms with Crippen molar-refractivity contribution in [2.75, 3.05) is 0 Å². The van der Waals surface area contributed by atoms with Crippen molar-refractivity contribution < 1.29 is 0 Å². The van der Waals surface area contributed by atoms with Gasteiger partial charge in [-0.2, -0.15) is 0 Å². The van der Waals surface area contributed by atoms with Crippen LogP contribution in [0.2, 0.25) is 0 Å². The number of benzene rings is 10. The van der Waals surface area contributed by atoms with Crippen LogP contribution < -0.4 is 0 Å². The maximum Gasteiger partial charge on any atom is -0.00259 e. The van der Waals surface area contributed by atoms with E-state index in [4.69, 9.17) is 0 Å². The van der Waals surface area contributed by atoms with Crippen molar-refractivity contribution in [2.45, 2.75) is 0 Å². The quantitative estimate of drug-likeness (QED) is 0.128. The first-order chi connectivity index (χ1) is 25.8. The third-order valence-electron chi connectivity index (χ3n) is 10.6. The molecule has 0 aromatic heterocycles. The van der Waals surface area contributed by atoms with Gasteiger partial charge in [-0.25, -0.2) is 0 Å². The van der Waals surface area contributed by atoms with Crippen molar-refractivity contribution in [3.63, 3.8) is 0 Å². The van der Waals surface area contributed by atoms with E-state index in [9.17, 15) is 0 Å². The number of rotatable bonds is 5. The van der Waals surface area contributed by atoms with Crippen LogP contribution in [0.3, 0.4) is 0 Å². The van der Waals surface area contributed by atoms with Crippen LogP contribution in [0, 0.1) is 0 Å². The SMILES string of the molecule is C(=Cc1cccc2c(-c3ccc4c(-c5ccc6ccccc6c5)c5ccccc5c(-c5ccc6ccccc6c5)c4c3)cccc12)c1ccccc1. The Bertz CT molecular complexity index is 3000. The van der Waals surface area contributed by atoms with Gasteiger partial charge in [-0.05, 0) is 117 Å². The van der Waals surface area contributed by atoms with Crippen molar-refractivity contribution in [3.8, 4) is 33.4 Å². The van der Waals surface area contributed by atoms with Crippen LogP contribution in [0.5, 0.6) is 0 Å². The van der Waals surface area contributed by atoms with Crippen molar-refractivity contribution in [1.29, 1.82) is 0 Å². The van der Waals surface area contributed by atoms with Crippen LogP contribution in [-0.4, -0.2) is 0 Å². The molecule has 52 heavy (non-hydrogen) atoms. The molecule has 0 bridgehead atoms. The van der Waals surface area contributed by atoms with Gasteiger partial charge in [0.05, 0.1) is 0 Å². The fourth-order valence-corrected chi connectivity index (χ4v) is 8.14. The molecular weight excluding hydrogens is 625 g/mol. The molecule has 0 aliphatic heterocycles. The summed E-state index contributed by atoms with van der Waals surface area (Å²) in [5, 5.41) is 12.5. The molecule has 0 radical (unpaired) electrons. The highest BCUT2D eigenvalue weighted by molar-refractivity contribution is 6.23. The lowest BCUT2D eigenvalue weighted by molar-refractivity contribution is 1.65. The van der Waals surface area contributed by atoms with E-state index in [0.29, 0.717) is 0 Å². The van der Waals surface area contributed by atoms with E-state index in [2.05, 4.69) is 206 Å². The summed E-state index contributed by atoms with van der Waals surface area (Å²) in [7, 11) is 0. The fraction of sp³-hybridized carbons (Fsp3) is 0. The molecule has 0 unspecified atom stereocenters. The molecule has 242 valence electrons. The van der Waals surface area contributed by atoms with Crippen molar-refractivity contribution in [2.24, 2.45) is 0 Å². The maximum atomic E-state index is 2.44. The zero-order chi connectivity index (χ0) is 34.4. The Morgan fingerprint density at radius 3 is 1.48 bits per heavy atom. The Labute approximate surface area is 303 Å². The average molecular weight is 659 g/mol. The van der Waals surface area contributed by atoms with Gasteiger partial charge in [0.25, 0.3) is 0 Å². The van der Waals surface area contributed by atoms with Crippen LogP contribution in [0.15, 0.2) is 194 Å². The molecule has 0 heterocycles. The van der Waals surface area contributed by atoms with E-state index in [1.807, 2.05) is 0 Å². The predicted octanol–water partition coefficient (Wildman–Crippen LogP) is 14.6. The first-order valence-electron chi connectivity index (χ1n) is 18.0. The van der Waals surface area contributed by atoms with Gasteiger partial charge in [0.1, 0.15) is 0 Å². The zero-order valence-corrected chi connectivity index (χ0v) is 28.6. The summed E-state index contributed by atoms with van der Waals surface area (Å²) in [6, 6.07) is 71.2. The Morgan fingerprint density at radius 2 is 0.788 bits per heavy atom. The molecule has 0 N–H and O–H groups in total. The van der Waals surface area contributed by atoms with E-state index in [1.54, 1.807) is 0 Å². The second kappa shape index (κ2) is 12.5. The minimum absolute atomic E-state index is 1.20. The minimum Gasteiger partial charge on any atom is -0.0622 e. The third-order valence-corrected chi connectivity index (χ3v) is 10.6. The van der Waals surface area contributed by atoms with Gasteiger partial charge in [-0.1, -0.05) is 188 Å². The molecule has 0 heteroatoms. The predicted molar refractivity (Wildman–Crippen MR) is 226 cm³/mol. The summed E-state index contributed by atoms with van der Waals surface area (Å²) in [5.74, 6) is 0. The van der Waals surface area contributed by atoms with Crippen LogP contribution >= 0.6 is 0 Å². The second-order valence-electron chi connectivity index (χ2n) is 13.7. The summed E-state index contributed by atoms with van der Waals surface area (Å²) in [6.07, 6.45) is 4.44. The van der Waals surface area contributed by atoms with Gasteiger partial charge in [0, 0.05) is 0 Å². The number of hydrogen-bond acceptors (Lipinski definition) is 0. The summed E-state index contributed by atoms with van der Waals surface area (Å²) in [4.78, 5) is 0. The molecule has 10 aromatic carbocycles. The van der Waals surface area contributed by atoms with E-state index < -0.39 is 0 Å². The zero-order valence-electron chi connectivity index (χ0n) is 28.6. The molecule has 0 atom stereocenters. The highest BCUT2D eigenvalue weighted by Gasteiger charge is 2.19. The smallest absolute Gasteiger partial charge is 0.00259 e. The van der Waals surface area contributed by atoms with Crippen molar-refractivity contribution in [1.82, 2.24) is 0 Å². The first-order valence-corrected chi connectivity index (χ1v) is 18.0. The van der Waals surface area contributed by atoms with Crippen molar-refractivity contribution in [3.05, 3.63) is 205 Å². The first kappa shape index (κ1) is 30.1. The van der Waals surface area contributed by atoms with Crippen molar-refractivity contribution >= 4 is 66.0 Å². The lowest BCUT2D eigenvalue weighted by Crippen LogP contribution is -1.92. The Kier molecular flexibility index (Phi) is 7.25. The van der Waals surface area contributed by atoms with Gasteiger partial charge in [-0.3, -0.25) is 0 Å². The molecule has 0 aliphatic rings. The molecule has 0 aliphatic carbocycles. The standard InChI is InChI=1S/C52H34/c1-2-12-35(13-3-1)24-25-38-18-10-23-46-44(38)21-11-22-45(46)41-30-31-49-50(34-41)52(43-29-27-37-15-5-7-17-40(37)33-43)48-20-9-8-19-47(48)51(49)42-28-26-36-14-4-6-16-39(36)32-42/h1-34H. The number of hydrogen-bond donors (Lipinski definition) is 0. The van der Waals surface area contributed by atoms with E-state index in [-0.39, 0.29) is 0 Å². The van der Waals surface area contributed by atoms with Crippen LogP contribution in [0.25, 0.3) is 99.4 Å². The fourth-order valence-electron chi connectivity index (χ4n) is 8.14. The van der Waals surface area contributed by atoms with Gasteiger partial charge in [-0.15, -0.1) is 0 Å². The average Bonchev–Trinajstić information content (AvgIpc) is 3.21. The summed E-state index contributed by atoms with van der Waals surface area (Å²) < 4.78 is 0. The largest absolute Gasteiger partial charge is 0.0622 e. The molecular formula is C52H34. The third kappa shape index (κ3) is 5.16.